The van der Waals surface area contributed by atoms with E-state index in [9.17, 15) is 15.0 Å². The predicted molar refractivity (Wildman–Crippen MR) is 86.5 cm³/mol. The fraction of sp³-hybridized carbons (Fsp3) is 0.750. The lowest BCUT2D eigenvalue weighted by Crippen LogP contribution is -2.55. The number of rotatable bonds is 0. The average Bonchev–Trinajstić information content (AvgIpc) is 3.24. The van der Waals surface area contributed by atoms with E-state index in [-0.39, 0.29) is 28.8 Å². The van der Waals surface area contributed by atoms with E-state index in [1.54, 1.807) is 0 Å². The minimum Gasteiger partial charge on any atom is -0.393 e. The Labute approximate surface area is 137 Å². The molecular weight excluding hydrogens is 288 g/mol. The number of carbonyl (C=O) groups is 1. The first-order valence-corrected chi connectivity index (χ1v) is 9.20. The zero-order valence-electron chi connectivity index (χ0n) is 14.0. The zero-order valence-corrected chi connectivity index (χ0v) is 14.0. The van der Waals surface area contributed by atoms with Crippen molar-refractivity contribution in [2.24, 2.45) is 28.6 Å². The molecule has 3 nitrogen and oxygen atoms in total. The molecule has 0 aliphatic heterocycles. The summed E-state index contributed by atoms with van der Waals surface area (Å²) in [6, 6.07) is 0. The second-order valence-electron chi connectivity index (χ2n) is 9.12. The van der Waals surface area contributed by atoms with Crippen molar-refractivity contribution in [1.29, 1.82) is 0 Å². The Morgan fingerprint density at radius 2 is 1.87 bits per heavy atom. The van der Waals surface area contributed by atoms with Crippen molar-refractivity contribution < 1.29 is 15.0 Å². The molecule has 2 unspecified atom stereocenters. The van der Waals surface area contributed by atoms with Crippen LogP contribution in [-0.4, -0.2) is 28.2 Å². The third-order valence-corrected chi connectivity index (χ3v) is 8.08. The maximum atomic E-state index is 12.7. The molecule has 0 radical (unpaired) electrons. The van der Waals surface area contributed by atoms with Gasteiger partial charge in [-0.25, -0.2) is 0 Å². The van der Waals surface area contributed by atoms with Gasteiger partial charge < -0.3 is 10.2 Å². The maximum Gasteiger partial charge on any atom is 0.165 e. The highest BCUT2D eigenvalue weighted by atomic mass is 16.3. The average molecular weight is 314 g/mol. The number of aliphatic hydroxyl groups is 2. The van der Waals surface area contributed by atoms with Gasteiger partial charge in [0.1, 0.15) is 0 Å². The Morgan fingerprint density at radius 1 is 1.13 bits per heavy atom. The van der Waals surface area contributed by atoms with Gasteiger partial charge in [-0.05, 0) is 67.3 Å². The summed E-state index contributed by atoms with van der Waals surface area (Å²) in [5.41, 5.74) is 3.57. The maximum absolute atomic E-state index is 12.7. The van der Waals surface area contributed by atoms with Gasteiger partial charge in [-0.2, -0.15) is 0 Å². The van der Waals surface area contributed by atoms with E-state index in [1.165, 1.54) is 11.1 Å². The largest absolute Gasteiger partial charge is 0.393 e. The zero-order chi connectivity index (χ0) is 16.1. The molecule has 0 amide bonds. The van der Waals surface area contributed by atoms with Gasteiger partial charge in [0.05, 0.1) is 12.2 Å². The van der Waals surface area contributed by atoms with Crippen LogP contribution in [0.3, 0.4) is 0 Å². The number of hydrogen-bond donors (Lipinski definition) is 2. The van der Waals surface area contributed by atoms with Gasteiger partial charge >= 0.3 is 0 Å². The van der Waals surface area contributed by atoms with Gasteiger partial charge in [0.15, 0.2) is 5.78 Å². The summed E-state index contributed by atoms with van der Waals surface area (Å²) in [5, 5.41) is 21.0. The smallest absolute Gasteiger partial charge is 0.165 e. The van der Waals surface area contributed by atoms with Crippen LogP contribution in [-0.2, 0) is 4.79 Å². The molecule has 23 heavy (non-hydrogen) atoms. The minimum atomic E-state index is -0.460. The molecule has 0 bridgehead atoms. The Kier molecular flexibility index (Phi) is 2.62. The van der Waals surface area contributed by atoms with Crippen LogP contribution in [0.15, 0.2) is 22.8 Å². The highest BCUT2D eigenvalue weighted by Gasteiger charge is 2.66. The number of fused-ring (bicyclic) bond motifs is 6. The third-order valence-electron chi connectivity index (χ3n) is 8.08. The van der Waals surface area contributed by atoms with Crippen molar-refractivity contribution in [3.63, 3.8) is 0 Å². The second-order valence-corrected chi connectivity index (χ2v) is 9.12. The molecule has 3 heteroatoms. The molecule has 5 aliphatic carbocycles. The Hall–Kier alpha value is -0.930. The monoisotopic (exact) mass is 314 g/mol. The summed E-state index contributed by atoms with van der Waals surface area (Å²) < 4.78 is 0. The predicted octanol–water partition coefficient (Wildman–Crippen LogP) is 2.77. The summed E-state index contributed by atoms with van der Waals surface area (Å²) in [4.78, 5) is 12.7. The number of aliphatic hydroxyl groups excluding tert-OH is 2. The molecule has 7 atom stereocenters. The van der Waals surface area contributed by atoms with Crippen molar-refractivity contribution in [2.75, 3.05) is 0 Å². The molecule has 2 fully saturated rings. The van der Waals surface area contributed by atoms with Crippen LogP contribution >= 0.6 is 0 Å². The number of allylic oxidation sites excluding steroid dienone is 2. The van der Waals surface area contributed by atoms with Crippen molar-refractivity contribution >= 4 is 5.78 Å². The molecule has 5 aliphatic rings. The number of Topliss-reactive ketones (excluding diaryl/α,β-unsaturated/α-hetero) is 1. The van der Waals surface area contributed by atoms with Crippen LogP contribution in [0.2, 0.25) is 0 Å². The third kappa shape index (κ3) is 1.61. The Bertz CT molecular complexity index is 674. The second kappa shape index (κ2) is 4.18. The lowest BCUT2D eigenvalue weighted by Gasteiger charge is -2.58. The molecule has 0 aromatic carbocycles. The highest BCUT2D eigenvalue weighted by molar-refractivity contribution is 6.09. The van der Waals surface area contributed by atoms with Gasteiger partial charge in [0.2, 0.25) is 0 Å². The molecule has 2 N–H and O–H groups in total. The summed E-state index contributed by atoms with van der Waals surface area (Å²) in [6.07, 6.45) is 6.82. The fourth-order valence-corrected chi connectivity index (χ4v) is 6.74. The number of ketones is 1. The molecule has 124 valence electrons. The van der Waals surface area contributed by atoms with Gasteiger partial charge in [-0.3, -0.25) is 4.79 Å². The molecular formula is C20H26O3. The Balaban J connectivity index is 1.60. The van der Waals surface area contributed by atoms with E-state index in [1.807, 2.05) is 6.08 Å². The molecule has 0 heterocycles. The van der Waals surface area contributed by atoms with Crippen LogP contribution in [0.1, 0.15) is 52.4 Å². The van der Waals surface area contributed by atoms with Crippen molar-refractivity contribution in [2.45, 2.75) is 64.6 Å². The van der Waals surface area contributed by atoms with E-state index < -0.39 is 6.10 Å². The Morgan fingerprint density at radius 3 is 2.65 bits per heavy atom. The SMILES string of the molecule is C[C@]12CCC(O)CC1=CC(O)[C@@H]1[C@@H]2CC[C@]2(C)C(=O)C3=C(C3)[C@@H]12. The van der Waals surface area contributed by atoms with Gasteiger partial charge in [0, 0.05) is 5.41 Å². The van der Waals surface area contributed by atoms with Crippen LogP contribution in [0.4, 0.5) is 0 Å². The minimum absolute atomic E-state index is 0.103. The molecule has 0 saturated heterocycles. The van der Waals surface area contributed by atoms with E-state index in [0.29, 0.717) is 18.1 Å². The molecule has 0 spiro atoms. The molecule has 5 rings (SSSR count). The van der Waals surface area contributed by atoms with E-state index >= 15 is 0 Å². The van der Waals surface area contributed by atoms with Crippen molar-refractivity contribution in [3.8, 4) is 0 Å². The van der Waals surface area contributed by atoms with E-state index in [2.05, 4.69) is 13.8 Å². The lowest BCUT2D eigenvalue weighted by molar-refractivity contribution is -0.135. The summed E-state index contributed by atoms with van der Waals surface area (Å²) in [6.45, 7) is 4.48. The summed E-state index contributed by atoms with van der Waals surface area (Å²) in [5.74, 6) is 1.28. The van der Waals surface area contributed by atoms with Crippen molar-refractivity contribution in [3.05, 3.63) is 22.8 Å². The fourth-order valence-electron chi connectivity index (χ4n) is 6.74. The van der Waals surface area contributed by atoms with Crippen LogP contribution < -0.4 is 0 Å². The summed E-state index contributed by atoms with van der Waals surface area (Å²) in [7, 11) is 0. The quantitative estimate of drug-likeness (QED) is 0.676. The first kappa shape index (κ1) is 14.4. The first-order valence-electron chi connectivity index (χ1n) is 9.20. The lowest BCUT2D eigenvalue weighted by atomic mass is 9.46. The van der Waals surface area contributed by atoms with Crippen molar-refractivity contribution in [1.82, 2.24) is 0 Å². The summed E-state index contributed by atoms with van der Waals surface area (Å²) >= 11 is 0. The first-order chi connectivity index (χ1) is 10.9. The van der Waals surface area contributed by atoms with Crippen LogP contribution in [0.25, 0.3) is 0 Å². The number of hydrogen-bond acceptors (Lipinski definition) is 3. The van der Waals surface area contributed by atoms with E-state index in [4.69, 9.17) is 0 Å². The highest BCUT2D eigenvalue weighted by Crippen LogP contribution is 2.69. The van der Waals surface area contributed by atoms with Gasteiger partial charge in [-0.15, -0.1) is 0 Å². The standard InChI is InChI=1S/C20H26O3/c1-19-5-3-11(21)7-10(19)8-15(22)16-14(19)4-6-20(2)17(16)12-9-13(12)18(20)23/h8,11,14-17,21-22H,3-7,9H2,1-2H3/t11?,14-,15?,16-,17-,19-,20-/m0/s1. The van der Waals surface area contributed by atoms with Crippen LogP contribution in [0, 0.1) is 28.6 Å². The van der Waals surface area contributed by atoms with Gasteiger partial charge in [0.25, 0.3) is 0 Å². The molecule has 0 aromatic rings. The van der Waals surface area contributed by atoms with E-state index in [0.717, 1.165) is 37.7 Å². The topological polar surface area (TPSA) is 57.5 Å². The van der Waals surface area contributed by atoms with Gasteiger partial charge in [-0.1, -0.05) is 31.1 Å². The normalized spacial score (nSPS) is 54.0. The molecule has 0 aromatic heterocycles. The number of carbonyl (C=O) groups excluding carboxylic acids is 1. The van der Waals surface area contributed by atoms with Crippen LogP contribution in [0.5, 0.6) is 0 Å². The molecule has 2 saturated carbocycles.